The zero-order valence-electron chi connectivity index (χ0n) is 17.8. The number of hydrogen-bond acceptors (Lipinski definition) is 6. The second kappa shape index (κ2) is 10.7. The second-order valence-corrected chi connectivity index (χ2v) is 8.50. The van der Waals surface area contributed by atoms with E-state index < -0.39 is 23.8 Å². The first-order chi connectivity index (χ1) is 15.8. The smallest absolute Gasteiger partial charge is 0.312 e. The number of hydrogen-bond donors (Lipinski definition) is 4. The fraction of sp³-hybridized carbons (Fsp3) is 0.318. The van der Waals surface area contributed by atoms with Gasteiger partial charge in [-0.05, 0) is 30.0 Å². The van der Waals surface area contributed by atoms with E-state index in [0.717, 1.165) is 4.88 Å². The number of carboxylic acid groups (broad SMARTS) is 1. The van der Waals surface area contributed by atoms with E-state index in [1.165, 1.54) is 21.1 Å². The highest BCUT2D eigenvalue weighted by Crippen LogP contribution is 2.30. The first kappa shape index (κ1) is 23.9. The molecule has 10 nitrogen and oxygen atoms in total. The van der Waals surface area contributed by atoms with Gasteiger partial charge in [0.25, 0.3) is 5.91 Å². The first-order valence-corrected chi connectivity index (χ1v) is 11.2. The van der Waals surface area contributed by atoms with E-state index in [-0.39, 0.29) is 24.7 Å². The standard InChI is InChI=1S/C22H25N5O5S/c23-19(24)14-4-6-15(7-5-14)20(30)25-8-2-9-26-10-11-27(22(32)21(26)31)16(13-18(28)29)17-3-1-12-33-17/h1,3-7,12,16H,2,8-11,13H2,(H3,23,24)(H,25,30)(H,28,29). The van der Waals surface area contributed by atoms with Gasteiger partial charge in [-0.3, -0.25) is 24.6 Å². The van der Waals surface area contributed by atoms with Gasteiger partial charge in [0.15, 0.2) is 0 Å². The lowest BCUT2D eigenvalue weighted by atomic mass is 10.1. The van der Waals surface area contributed by atoms with Crippen LogP contribution in [0.4, 0.5) is 0 Å². The van der Waals surface area contributed by atoms with Gasteiger partial charge in [0.05, 0.1) is 12.5 Å². The molecule has 1 fully saturated rings. The number of carbonyl (C=O) groups is 4. The minimum absolute atomic E-state index is 0.0778. The lowest BCUT2D eigenvalue weighted by molar-refractivity contribution is -0.159. The molecule has 174 valence electrons. The zero-order chi connectivity index (χ0) is 24.0. The monoisotopic (exact) mass is 471 g/mol. The third-order valence-electron chi connectivity index (χ3n) is 5.31. The summed E-state index contributed by atoms with van der Waals surface area (Å²) in [4.78, 5) is 52.3. The van der Waals surface area contributed by atoms with Crippen LogP contribution in [0.5, 0.6) is 0 Å². The molecule has 1 aliphatic heterocycles. The minimum Gasteiger partial charge on any atom is -0.481 e. The van der Waals surface area contributed by atoms with Gasteiger partial charge >= 0.3 is 17.8 Å². The molecule has 2 heterocycles. The van der Waals surface area contributed by atoms with Crippen molar-refractivity contribution in [1.82, 2.24) is 15.1 Å². The Labute approximate surface area is 194 Å². The molecule has 1 aromatic carbocycles. The van der Waals surface area contributed by atoms with E-state index in [9.17, 15) is 24.3 Å². The van der Waals surface area contributed by atoms with Crippen LogP contribution in [0, 0.1) is 5.41 Å². The second-order valence-electron chi connectivity index (χ2n) is 7.52. The highest BCUT2D eigenvalue weighted by atomic mass is 32.1. The Morgan fingerprint density at radius 1 is 1.12 bits per heavy atom. The number of rotatable bonds is 10. The fourth-order valence-corrected chi connectivity index (χ4v) is 4.43. The van der Waals surface area contributed by atoms with E-state index in [4.69, 9.17) is 11.1 Å². The van der Waals surface area contributed by atoms with E-state index in [2.05, 4.69) is 5.32 Å². The number of carboxylic acids is 1. The normalized spacial score (nSPS) is 14.8. The third kappa shape index (κ3) is 5.95. The van der Waals surface area contributed by atoms with Crippen LogP contribution in [-0.2, 0) is 14.4 Å². The Balaban J connectivity index is 1.50. The predicted molar refractivity (Wildman–Crippen MR) is 122 cm³/mol. The SMILES string of the molecule is N=C(N)c1ccc(C(=O)NCCCN2CCN(C(CC(=O)O)c3cccs3)C(=O)C2=O)cc1. The molecule has 0 bridgehead atoms. The fourth-order valence-electron chi connectivity index (χ4n) is 3.59. The molecular weight excluding hydrogens is 446 g/mol. The summed E-state index contributed by atoms with van der Waals surface area (Å²) in [5.41, 5.74) is 6.35. The number of carbonyl (C=O) groups excluding carboxylic acids is 3. The summed E-state index contributed by atoms with van der Waals surface area (Å²) in [5.74, 6) is -2.78. The summed E-state index contributed by atoms with van der Waals surface area (Å²) in [6.45, 7) is 1.15. The predicted octanol–water partition coefficient (Wildman–Crippen LogP) is 1.04. The summed E-state index contributed by atoms with van der Waals surface area (Å²) in [6.07, 6.45) is 0.193. The third-order valence-corrected chi connectivity index (χ3v) is 6.28. The van der Waals surface area contributed by atoms with E-state index >= 15 is 0 Å². The molecule has 0 radical (unpaired) electrons. The quantitative estimate of drug-likeness (QED) is 0.175. The van der Waals surface area contributed by atoms with E-state index in [1.54, 1.807) is 41.8 Å². The van der Waals surface area contributed by atoms with Crippen LogP contribution in [-0.4, -0.2) is 70.6 Å². The van der Waals surface area contributed by atoms with Crippen LogP contribution < -0.4 is 11.1 Å². The van der Waals surface area contributed by atoms with Crippen LogP contribution in [0.25, 0.3) is 0 Å². The van der Waals surface area contributed by atoms with Gasteiger partial charge < -0.3 is 26.0 Å². The number of piperazine rings is 1. The molecule has 1 aliphatic rings. The van der Waals surface area contributed by atoms with Crippen molar-refractivity contribution in [2.45, 2.75) is 18.9 Å². The summed E-state index contributed by atoms with van der Waals surface area (Å²) in [5, 5.41) is 21.2. The number of benzene rings is 1. The van der Waals surface area contributed by atoms with Crippen LogP contribution in [0.15, 0.2) is 41.8 Å². The van der Waals surface area contributed by atoms with Gasteiger partial charge in [0.2, 0.25) is 0 Å². The maximum absolute atomic E-state index is 12.7. The number of amidine groups is 1. The van der Waals surface area contributed by atoms with Crippen molar-refractivity contribution in [1.29, 1.82) is 5.41 Å². The molecule has 11 heteroatoms. The van der Waals surface area contributed by atoms with Crippen molar-refractivity contribution < 1.29 is 24.3 Å². The first-order valence-electron chi connectivity index (χ1n) is 10.4. The maximum Gasteiger partial charge on any atom is 0.312 e. The summed E-state index contributed by atoms with van der Waals surface area (Å²) < 4.78 is 0. The molecule has 0 aliphatic carbocycles. The van der Waals surface area contributed by atoms with Crippen molar-refractivity contribution in [2.75, 3.05) is 26.2 Å². The maximum atomic E-state index is 12.7. The lowest BCUT2D eigenvalue weighted by Gasteiger charge is -2.37. The van der Waals surface area contributed by atoms with Crippen molar-refractivity contribution in [3.63, 3.8) is 0 Å². The van der Waals surface area contributed by atoms with Crippen LogP contribution in [0.1, 0.15) is 39.7 Å². The average Bonchev–Trinajstić information content (AvgIpc) is 3.32. The Bertz CT molecular complexity index is 1040. The molecular formula is C22H25N5O5S. The van der Waals surface area contributed by atoms with Gasteiger partial charge in [-0.1, -0.05) is 18.2 Å². The van der Waals surface area contributed by atoms with Crippen LogP contribution >= 0.6 is 11.3 Å². The van der Waals surface area contributed by atoms with Crippen molar-refractivity contribution >= 4 is 40.9 Å². The molecule has 5 N–H and O–H groups in total. The van der Waals surface area contributed by atoms with Gasteiger partial charge in [-0.2, -0.15) is 0 Å². The molecule has 3 rings (SSSR count). The van der Waals surface area contributed by atoms with E-state index in [1.807, 2.05) is 0 Å². The van der Waals surface area contributed by atoms with Crippen molar-refractivity contribution in [3.05, 3.63) is 57.8 Å². The van der Waals surface area contributed by atoms with Crippen LogP contribution in [0.3, 0.4) is 0 Å². The van der Waals surface area contributed by atoms with Gasteiger partial charge in [0.1, 0.15) is 5.84 Å². The number of nitrogens with one attached hydrogen (secondary N) is 2. The highest BCUT2D eigenvalue weighted by molar-refractivity contribution is 7.10. The van der Waals surface area contributed by atoms with Crippen molar-refractivity contribution in [2.24, 2.45) is 5.73 Å². The average molecular weight is 472 g/mol. The largest absolute Gasteiger partial charge is 0.481 e. The molecule has 0 saturated carbocycles. The van der Waals surface area contributed by atoms with E-state index in [0.29, 0.717) is 37.2 Å². The molecule has 0 spiro atoms. The minimum atomic E-state index is -1.04. The van der Waals surface area contributed by atoms with Gasteiger partial charge in [-0.25, -0.2) is 0 Å². The Kier molecular flexibility index (Phi) is 7.78. The Hall–Kier alpha value is -3.73. The Morgan fingerprint density at radius 2 is 1.82 bits per heavy atom. The zero-order valence-corrected chi connectivity index (χ0v) is 18.6. The number of aliphatic carboxylic acids is 1. The molecule has 1 atom stereocenters. The molecule has 1 unspecified atom stereocenters. The lowest BCUT2D eigenvalue weighted by Crippen LogP contribution is -2.55. The van der Waals surface area contributed by atoms with Crippen molar-refractivity contribution in [3.8, 4) is 0 Å². The number of thiophene rings is 1. The summed E-state index contributed by atoms with van der Waals surface area (Å²) >= 11 is 1.35. The molecule has 2 aromatic rings. The van der Waals surface area contributed by atoms with Crippen LogP contribution in [0.2, 0.25) is 0 Å². The molecule has 33 heavy (non-hydrogen) atoms. The number of nitrogen functional groups attached to an aromatic ring is 1. The van der Waals surface area contributed by atoms with Gasteiger partial charge in [-0.15, -0.1) is 11.3 Å². The summed E-state index contributed by atoms with van der Waals surface area (Å²) in [6, 6.07) is 9.21. The Morgan fingerprint density at radius 3 is 2.42 bits per heavy atom. The topological polar surface area (TPSA) is 157 Å². The number of nitrogens with zero attached hydrogens (tertiary/aromatic N) is 2. The summed E-state index contributed by atoms with van der Waals surface area (Å²) in [7, 11) is 0. The number of nitrogens with two attached hydrogens (primary N) is 1. The molecule has 3 amide bonds. The highest BCUT2D eigenvalue weighted by Gasteiger charge is 2.37. The molecule has 1 aromatic heterocycles. The molecule has 1 saturated heterocycles. The number of amides is 3. The van der Waals surface area contributed by atoms with Gasteiger partial charge in [0, 0.05) is 42.2 Å².